The van der Waals surface area contributed by atoms with Crippen LogP contribution in [0.2, 0.25) is 0 Å². The highest BCUT2D eigenvalue weighted by molar-refractivity contribution is 5.59. The molecule has 2 aromatic rings. The van der Waals surface area contributed by atoms with Crippen LogP contribution in [0, 0.1) is 5.92 Å². The summed E-state index contributed by atoms with van der Waals surface area (Å²) >= 11 is 0. The number of allylic oxidation sites excluding steroid dienone is 2. The fourth-order valence-corrected chi connectivity index (χ4v) is 3.43. The van der Waals surface area contributed by atoms with Crippen LogP contribution in [0.3, 0.4) is 0 Å². The molecule has 2 aliphatic rings. The first kappa shape index (κ1) is 10.8. The number of nitrogens with zero attached hydrogens (tertiary/aromatic N) is 1. The molecule has 1 aromatic heterocycles. The summed E-state index contributed by atoms with van der Waals surface area (Å²) in [5, 5.41) is 3.70. The Morgan fingerprint density at radius 3 is 2.95 bits per heavy atom. The molecule has 0 spiro atoms. The van der Waals surface area contributed by atoms with Crippen molar-refractivity contribution >= 4 is 5.69 Å². The quantitative estimate of drug-likeness (QED) is 0.774. The Morgan fingerprint density at radius 1 is 1.11 bits per heavy atom. The minimum atomic E-state index is 0.364. The van der Waals surface area contributed by atoms with Crippen LogP contribution >= 0.6 is 0 Å². The smallest absolute Gasteiger partial charge is 0.0569 e. The van der Waals surface area contributed by atoms with Crippen LogP contribution in [-0.2, 0) is 0 Å². The van der Waals surface area contributed by atoms with Crippen molar-refractivity contribution in [2.45, 2.75) is 18.4 Å². The molecule has 0 amide bonds. The Balaban J connectivity index is 1.80. The second-order valence-electron chi connectivity index (χ2n) is 5.35. The first-order valence-electron chi connectivity index (χ1n) is 6.85. The first-order chi connectivity index (χ1) is 9.43. The van der Waals surface area contributed by atoms with Crippen LogP contribution in [0.5, 0.6) is 0 Å². The zero-order valence-electron chi connectivity index (χ0n) is 10.7. The standard InChI is InChI=1S/C17H16N2/c1-2-9-16-14(6-1)13-7-3-8-15(13)17(19-16)12-5-4-10-18-11-12/h1-7,9-11,13,15,17,19H,8H2/t13-,15-,17+/m1/s1. The molecule has 1 aliphatic carbocycles. The largest absolute Gasteiger partial charge is 0.378 e. The predicted molar refractivity (Wildman–Crippen MR) is 77.0 cm³/mol. The molecule has 0 saturated carbocycles. The van der Waals surface area contributed by atoms with Gasteiger partial charge in [0.25, 0.3) is 0 Å². The number of rotatable bonds is 1. The molecule has 3 atom stereocenters. The zero-order valence-corrected chi connectivity index (χ0v) is 10.7. The Hall–Kier alpha value is -2.09. The average Bonchev–Trinajstić information content (AvgIpc) is 2.97. The maximum absolute atomic E-state index is 4.27. The van der Waals surface area contributed by atoms with Gasteiger partial charge in [0.2, 0.25) is 0 Å². The van der Waals surface area contributed by atoms with Crippen LogP contribution in [0.4, 0.5) is 5.69 Å². The SMILES string of the molecule is C1=C[C@@H]2c3ccccc3N[C@@H](c3cccnc3)[C@@H]2C1. The Labute approximate surface area is 113 Å². The zero-order chi connectivity index (χ0) is 12.7. The highest BCUT2D eigenvalue weighted by Crippen LogP contribution is 2.49. The van der Waals surface area contributed by atoms with Crippen LogP contribution in [0.25, 0.3) is 0 Å². The van der Waals surface area contributed by atoms with Gasteiger partial charge in [-0.2, -0.15) is 0 Å². The van der Waals surface area contributed by atoms with E-state index in [0.29, 0.717) is 17.9 Å². The van der Waals surface area contributed by atoms with Crippen molar-refractivity contribution in [2.24, 2.45) is 5.92 Å². The predicted octanol–water partition coefficient (Wildman–Crippen LogP) is 3.91. The van der Waals surface area contributed by atoms with Crippen molar-refractivity contribution in [1.82, 2.24) is 4.98 Å². The summed E-state index contributed by atoms with van der Waals surface area (Å²) < 4.78 is 0. The van der Waals surface area contributed by atoms with Crippen molar-refractivity contribution < 1.29 is 0 Å². The lowest BCUT2D eigenvalue weighted by Gasteiger charge is -2.37. The highest BCUT2D eigenvalue weighted by atomic mass is 15.0. The molecule has 0 radical (unpaired) electrons. The second kappa shape index (κ2) is 4.23. The molecule has 1 aliphatic heterocycles. The number of nitrogens with one attached hydrogen (secondary N) is 1. The first-order valence-corrected chi connectivity index (χ1v) is 6.85. The molecule has 2 heteroatoms. The Bertz CT molecular complexity index is 618. The van der Waals surface area contributed by atoms with Crippen molar-refractivity contribution in [3.63, 3.8) is 0 Å². The third-order valence-corrected chi connectivity index (χ3v) is 4.32. The lowest BCUT2D eigenvalue weighted by Crippen LogP contribution is -2.29. The third kappa shape index (κ3) is 1.67. The molecule has 0 unspecified atom stereocenters. The minimum Gasteiger partial charge on any atom is -0.378 e. The molecule has 2 nitrogen and oxygen atoms in total. The summed E-state index contributed by atoms with van der Waals surface area (Å²) in [4.78, 5) is 4.27. The van der Waals surface area contributed by atoms with Crippen molar-refractivity contribution in [2.75, 3.05) is 5.32 Å². The number of benzene rings is 1. The van der Waals surface area contributed by atoms with E-state index < -0.39 is 0 Å². The molecule has 0 fully saturated rings. The third-order valence-electron chi connectivity index (χ3n) is 4.32. The van der Waals surface area contributed by atoms with E-state index in [-0.39, 0.29) is 0 Å². The summed E-state index contributed by atoms with van der Waals surface area (Å²) in [5.41, 5.74) is 3.99. The van der Waals surface area contributed by atoms with Gasteiger partial charge < -0.3 is 5.32 Å². The summed E-state index contributed by atoms with van der Waals surface area (Å²) in [6.07, 6.45) is 9.66. The normalized spacial score (nSPS) is 27.5. The Kier molecular flexibility index (Phi) is 2.41. The highest BCUT2D eigenvalue weighted by Gasteiger charge is 2.37. The molecule has 94 valence electrons. The number of aromatic nitrogens is 1. The lowest BCUT2D eigenvalue weighted by atomic mass is 9.77. The van der Waals surface area contributed by atoms with Crippen LogP contribution < -0.4 is 5.32 Å². The minimum absolute atomic E-state index is 0.364. The van der Waals surface area contributed by atoms with Crippen LogP contribution in [-0.4, -0.2) is 4.98 Å². The number of anilines is 1. The van der Waals surface area contributed by atoms with Gasteiger partial charge in [0.1, 0.15) is 0 Å². The molecule has 0 bridgehead atoms. The molecule has 1 aromatic carbocycles. The Morgan fingerprint density at radius 2 is 2.05 bits per heavy atom. The topological polar surface area (TPSA) is 24.9 Å². The van der Waals surface area contributed by atoms with Gasteiger partial charge in [-0.05, 0) is 35.6 Å². The van der Waals surface area contributed by atoms with Gasteiger partial charge in [-0.1, -0.05) is 36.4 Å². The molecule has 2 heterocycles. The monoisotopic (exact) mass is 248 g/mol. The van der Waals surface area contributed by atoms with E-state index in [0.717, 1.165) is 6.42 Å². The molecular formula is C17H16N2. The van der Waals surface area contributed by atoms with E-state index >= 15 is 0 Å². The fraction of sp³-hybridized carbons (Fsp3) is 0.235. The van der Waals surface area contributed by atoms with Gasteiger partial charge in [-0.25, -0.2) is 0 Å². The number of hydrogen-bond acceptors (Lipinski definition) is 2. The number of hydrogen-bond donors (Lipinski definition) is 1. The van der Waals surface area contributed by atoms with Crippen LogP contribution in [0.15, 0.2) is 60.9 Å². The molecule has 0 saturated heterocycles. The van der Waals surface area contributed by atoms with Gasteiger partial charge in [0.05, 0.1) is 6.04 Å². The number of pyridine rings is 1. The van der Waals surface area contributed by atoms with Crippen LogP contribution in [0.1, 0.15) is 29.5 Å². The summed E-state index contributed by atoms with van der Waals surface area (Å²) in [7, 11) is 0. The summed E-state index contributed by atoms with van der Waals surface area (Å²) in [6.45, 7) is 0. The summed E-state index contributed by atoms with van der Waals surface area (Å²) in [5.74, 6) is 1.15. The average molecular weight is 248 g/mol. The lowest BCUT2D eigenvalue weighted by molar-refractivity contribution is 0.425. The van der Waals surface area contributed by atoms with Gasteiger partial charge in [0.15, 0.2) is 0 Å². The number of para-hydroxylation sites is 1. The molecular weight excluding hydrogens is 232 g/mol. The molecule has 19 heavy (non-hydrogen) atoms. The van der Waals surface area contributed by atoms with E-state index in [9.17, 15) is 0 Å². The maximum atomic E-state index is 4.27. The van der Waals surface area contributed by atoms with E-state index in [2.05, 4.69) is 52.8 Å². The van der Waals surface area contributed by atoms with E-state index in [1.807, 2.05) is 18.5 Å². The van der Waals surface area contributed by atoms with Gasteiger partial charge in [-0.15, -0.1) is 0 Å². The van der Waals surface area contributed by atoms with E-state index in [4.69, 9.17) is 0 Å². The van der Waals surface area contributed by atoms with Crippen molar-refractivity contribution in [3.8, 4) is 0 Å². The molecule has 1 N–H and O–H groups in total. The van der Waals surface area contributed by atoms with Gasteiger partial charge in [0, 0.05) is 24.0 Å². The second-order valence-corrected chi connectivity index (χ2v) is 5.35. The molecule has 4 rings (SSSR count). The van der Waals surface area contributed by atoms with Gasteiger partial charge in [-0.3, -0.25) is 4.98 Å². The maximum Gasteiger partial charge on any atom is 0.0569 e. The summed E-state index contributed by atoms with van der Waals surface area (Å²) in [6, 6.07) is 13.2. The van der Waals surface area contributed by atoms with Crippen molar-refractivity contribution in [3.05, 3.63) is 72.1 Å². The van der Waals surface area contributed by atoms with Crippen molar-refractivity contribution in [1.29, 1.82) is 0 Å². The van der Waals surface area contributed by atoms with E-state index in [1.165, 1.54) is 16.8 Å². The number of fused-ring (bicyclic) bond motifs is 3. The fourth-order valence-electron chi connectivity index (χ4n) is 3.43. The van der Waals surface area contributed by atoms with E-state index in [1.54, 1.807) is 0 Å². The van der Waals surface area contributed by atoms with Gasteiger partial charge >= 0.3 is 0 Å².